The van der Waals surface area contributed by atoms with E-state index in [1.165, 1.54) is 0 Å². The predicted molar refractivity (Wildman–Crippen MR) is 80.2 cm³/mol. The molecule has 5 nitrogen and oxygen atoms in total. The minimum atomic E-state index is -0.624. The maximum absolute atomic E-state index is 11.7. The van der Waals surface area contributed by atoms with Crippen LogP contribution in [0.5, 0.6) is 0 Å². The summed E-state index contributed by atoms with van der Waals surface area (Å²) in [7, 11) is 0. The van der Waals surface area contributed by atoms with Crippen LogP contribution in [0.4, 0.5) is 5.69 Å². The average Bonchev–Trinajstić information content (AvgIpc) is 2.48. The number of nitrogens with zero attached hydrogens (tertiary/aromatic N) is 1. The van der Waals surface area contributed by atoms with E-state index in [4.69, 9.17) is 10.00 Å². The SMILES string of the molecule is CCOC(=O)/C(C#N)=C(/C)c1ccc(NC(=O)CC)cc1. The van der Waals surface area contributed by atoms with Crippen LogP contribution in [0.3, 0.4) is 0 Å². The van der Waals surface area contributed by atoms with Gasteiger partial charge in [-0.25, -0.2) is 4.79 Å². The van der Waals surface area contributed by atoms with Gasteiger partial charge in [0.15, 0.2) is 0 Å². The molecule has 0 heterocycles. The Bertz CT molecular complexity index is 595. The molecule has 0 aromatic heterocycles. The van der Waals surface area contributed by atoms with Crippen LogP contribution in [0.2, 0.25) is 0 Å². The molecule has 0 aliphatic rings. The van der Waals surface area contributed by atoms with E-state index in [0.717, 1.165) is 5.56 Å². The molecule has 110 valence electrons. The van der Waals surface area contributed by atoms with Gasteiger partial charge in [0.25, 0.3) is 0 Å². The lowest BCUT2D eigenvalue weighted by molar-refractivity contribution is -0.137. The zero-order valence-corrected chi connectivity index (χ0v) is 12.4. The molecular formula is C16H18N2O3. The highest BCUT2D eigenvalue weighted by molar-refractivity contribution is 6.01. The van der Waals surface area contributed by atoms with Crippen molar-refractivity contribution in [2.75, 3.05) is 11.9 Å². The highest BCUT2D eigenvalue weighted by atomic mass is 16.5. The molecule has 0 fully saturated rings. The number of carbonyl (C=O) groups excluding carboxylic acids is 2. The molecule has 0 saturated carbocycles. The van der Waals surface area contributed by atoms with E-state index in [9.17, 15) is 9.59 Å². The van der Waals surface area contributed by atoms with Crippen molar-refractivity contribution < 1.29 is 14.3 Å². The molecule has 5 heteroatoms. The number of allylic oxidation sites excluding steroid dienone is 1. The third kappa shape index (κ3) is 4.46. The Morgan fingerprint density at radius 2 is 1.86 bits per heavy atom. The quantitative estimate of drug-likeness (QED) is 0.513. The van der Waals surface area contributed by atoms with Crippen LogP contribution in [0, 0.1) is 11.3 Å². The summed E-state index contributed by atoms with van der Waals surface area (Å²) in [6.45, 7) is 5.37. The van der Waals surface area contributed by atoms with Gasteiger partial charge in [-0.05, 0) is 37.1 Å². The normalized spacial score (nSPS) is 11.1. The summed E-state index contributed by atoms with van der Waals surface area (Å²) in [5, 5.41) is 11.8. The Labute approximate surface area is 124 Å². The van der Waals surface area contributed by atoms with E-state index in [-0.39, 0.29) is 18.1 Å². The number of benzene rings is 1. The van der Waals surface area contributed by atoms with Crippen LogP contribution >= 0.6 is 0 Å². The van der Waals surface area contributed by atoms with Crippen LogP contribution in [-0.2, 0) is 14.3 Å². The summed E-state index contributed by atoms with van der Waals surface area (Å²) in [4.78, 5) is 23.0. The number of nitriles is 1. The fraction of sp³-hybridized carbons (Fsp3) is 0.312. The van der Waals surface area contributed by atoms with E-state index >= 15 is 0 Å². The molecule has 0 aliphatic heterocycles. The van der Waals surface area contributed by atoms with Crippen molar-refractivity contribution in [3.05, 3.63) is 35.4 Å². The molecule has 1 rings (SSSR count). The summed E-state index contributed by atoms with van der Waals surface area (Å²) >= 11 is 0. The second-order valence-electron chi connectivity index (χ2n) is 4.31. The molecule has 1 aromatic rings. The first kappa shape index (κ1) is 16.4. The van der Waals surface area contributed by atoms with Crippen molar-refractivity contribution in [3.63, 3.8) is 0 Å². The van der Waals surface area contributed by atoms with Crippen molar-refractivity contribution in [1.82, 2.24) is 0 Å². The Morgan fingerprint density at radius 1 is 1.24 bits per heavy atom. The van der Waals surface area contributed by atoms with Gasteiger partial charge < -0.3 is 10.1 Å². The first-order valence-corrected chi connectivity index (χ1v) is 6.71. The average molecular weight is 286 g/mol. The van der Waals surface area contributed by atoms with Gasteiger partial charge >= 0.3 is 5.97 Å². The summed E-state index contributed by atoms with van der Waals surface area (Å²) in [5.41, 5.74) is 1.94. The molecule has 0 bridgehead atoms. The summed E-state index contributed by atoms with van der Waals surface area (Å²) in [6, 6.07) is 8.83. The molecule has 0 saturated heterocycles. The number of carbonyl (C=O) groups is 2. The van der Waals surface area contributed by atoms with Gasteiger partial charge in [-0.2, -0.15) is 5.26 Å². The van der Waals surface area contributed by atoms with Crippen LogP contribution in [-0.4, -0.2) is 18.5 Å². The zero-order valence-electron chi connectivity index (χ0n) is 12.4. The van der Waals surface area contributed by atoms with E-state index in [2.05, 4.69) is 5.32 Å². The number of amides is 1. The topological polar surface area (TPSA) is 79.2 Å². The third-order valence-corrected chi connectivity index (χ3v) is 2.89. The number of anilines is 1. The fourth-order valence-corrected chi connectivity index (χ4v) is 1.68. The van der Waals surface area contributed by atoms with Crippen molar-refractivity contribution in [3.8, 4) is 6.07 Å². The number of rotatable bonds is 5. The van der Waals surface area contributed by atoms with E-state index < -0.39 is 5.97 Å². The van der Waals surface area contributed by atoms with Crippen LogP contribution in [0.1, 0.15) is 32.8 Å². The van der Waals surface area contributed by atoms with Gasteiger partial charge in [-0.15, -0.1) is 0 Å². The molecule has 0 aliphatic carbocycles. The molecular weight excluding hydrogens is 268 g/mol. The monoisotopic (exact) mass is 286 g/mol. The molecule has 21 heavy (non-hydrogen) atoms. The van der Waals surface area contributed by atoms with Gasteiger partial charge in [-0.1, -0.05) is 19.1 Å². The highest BCUT2D eigenvalue weighted by Gasteiger charge is 2.14. The Hall–Kier alpha value is -2.61. The lowest BCUT2D eigenvalue weighted by Gasteiger charge is -2.08. The number of nitrogens with one attached hydrogen (secondary N) is 1. The predicted octanol–water partition coefficient (Wildman–Crippen LogP) is 2.90. The van der Waals surface area contributed by atoms with Crippen LogP contribution in [0.25, 0.3) is 5.57 Å². The fourth-order valence-electron chi connectivity index (χ4n) is 1.68. The van der Waals surface area contributed by atoms with Crippen LogP contribution in [0.15, 0.2) is 29.8 Å². The standard InChI is InChI=1S/C16H18N2O3/c1-4-15(19)18-13-8-6-12(7-9-13)11(3)14(10-17)16(20)21-5-2/h6-9H,4-5H2,1-3H3,(H,18,19)/b14-11-. The second-order valence-corrected chi connectivity index (χ2v) is 4.31. The van der Waals surface area contributed by atoms with Crippen LogP contribution < -0.4 is 5.32 Å². The van der Waals surface area contributed by atoms with Gasteiger partial charge in [0.1, 0.15) is 11.6 Å². The maximum atomic E-state index is 11.7. The lowest BCUT2D eigenvalue weighted by Crippen LogP contribution is -2.09. The van der Waals surface area contributed by atoms with Gasteiger partial charge in [0.05, 0.1) is 6.61 Å². The molecule has 0 spiro atoms. The first-order chi connectivity index (χ1) is 10.0. The summed E-state index contributed by atoms with van der Waals surface area (Å²) < 4.78 is 4.85. The zero-order chi connectivity index (χ0) is 15.8. The number of esters is 1. The molecule has 0 unspecified atom stereocenters. The van der Waals surface area contributed by atoms with Gasteiger partial charge in [-0.3, -0.25) is 4.79 Å². The van der Waals surface area contributed by atoms with Gasteiger partial charge in [0.2, 0.25) is 5.91 Å². The third-order valence-electron chi connectivity index (χ3n) is 2.89. The number of hydrogen-bond donors (Lipinski definition) is 1. The van der Waals surface area contributed by atoms with E-state index in [0.29, 0.717) is 17.7 Å². The molecule has 1 N–H and O–H groups in total. The number of hydrogen-bond acceptors (Lipinski definition) is 4. The van der Waals surface area contributed by atoms with Crippen molar-refractivity contribution in [2.24, 2.45) is 0 Å². The first-order valence-electron chi connectivity index (χ1n) is 6.71. The smallest absolute Gasteiger partial charge is 0.349 e. The lowest BCUT2D eigenvalue weighted by atomic mass is 10.0. The van der Waals surface area contributed by atoms with Crippen molar-refractivity contribution >= 4 is 23.1 Å². The Balaban J connectivity index is 3.02. The van der Waals surface area contributed by atoms with E-state index in [1.807, 2.05) is 6.07 Å². The summed E-state index contributed by atoms with van der Waals surface area (Å²) in [6.07, 6.45) is 0.405. The maximum Gasteiger partial charge on any atom is 0.349 e. The van der Waals surface area contributed by atoms with Crippen molar-refractivity contribution in [1.29, 1.82) is 5.26 Å². The molecule has 0 radical (unpaired) electrons. The minimum Gasteiger partial charge on any atom is -0.462 e. The molecule has 1 amide bonds. The van der Waals surface area contributed by atoms with Crippen molar-refractivity contribution in [2.45, 2.75) is 27.2 Å². The Morgan fingerprint density at radius 3 is 2.33 bits per heavy atom. The summed E-state index contributed by atoms with van der Waals surface area (Å²) in [5.74, 6) is -0.694. The second kappa shape index (κ2) is 7.85. The largest absolute Gasteiger partial charge is 0.462 e. The molecule has 1 aromatic carbocycles. The Kier molecular flexibility index (Phi) is 6.15. The molecule has 0 atom stereocenters. The highest BCUT2D eigenvalue weighted by Crippen LogP contribution is 2.21. The number of ether oxygens (including phenoxy) is 1. The van der Waals surface area contributed by atoms with E-state index in [1.54, 1.807) is 45.0 Å². The van der Waals surface area contributed by atoms with Gasteiger partial charge in [0, 0.05) is 12.1 Å². The minimum absolute atomic E-state index is 0.0119.